The normalized spacial score (nSPS) is 15.6. The third-order valence-electron chi connectivity index (χ3n) is 2.86. The molecule has 1 amide bonds. The monoisotopic (exact) mass is 256 g/mol. The lowest BCUT2D eigenvalue weighted by molar-refractivity contribution is -0.127. The van der Waals surface area contributed by atoms with E-state index in [0.717, 1.165) is 25.9 Å². The zero-order valence-corrected chi connectivity index (χ0v) is 13.3. The van der Waals surface area contributed by atoms with Crippen molar-refractivity contribution in [1.82, 2.24) is 10.6 Å². The number of rotatable bonds is 7. The molecule has 108 valence electrons. The van der Waals surface area contributed by atoms with Gasteiger partial charge in [0.15, 0.2) is 0 Å². The van der Waals surface area contributed by atoms with Gasteiger partial charge in [0.1, 0.15) is 0 Å². The van der Waals surface area contributed by atoms with Crippen LogP contribution in [-0.2, 0) is 4.79 Å². The molecular weight excluding hydrogens is 224 g/mol. The lowest BCUT2D eigenvalue weighted by Crippen LogP contribution is -2.57. The Morgan fingerprint density at radius 3 is 2.11 bits per heavy atom. The Morgan fingerprint density at radius 1 is 1.17 bits per heavy atom. The first-order chi connectivity index (χ1) is 8.10. The third kappa shape index (κ3) is 7.00. The van der Waals surface area contributed by atoms with E-state index in [1.165, 1.54) is 0 Å². The Labute approximate surface area is 113 Å². The summed E-state index contributed by atoms with van der Waals surface area (Å²) in [4.78, 5) is 12.3. The van der Waals surface area contributed by atoms with Crippen molar-refractivity contribution in [2.75, 3.05) is 13.1 Å². The van der Waals surface area contributed by atoms with Crippen LogP contribution in [0, 0.1) is 11.3 Å². The standard InChI is InChI=1S/C15H32N2O/c1-8-9-16-13(18)15(7,10-12(2)3)17-11-14(4,5)6/h12,17H,8-11H2,1-7H3,(H,16,18). The van der Waals surface area contributed by atoms with Gasteiger partial charge in [-0.2, -0.15) is 0 Å². The molecule has 0 aliphatic heterocycles. The van der Waals surface area contributed by atoms with E-state index >= 15 is 0 Å². The second-order valence-corrected chi connectivity index (χ2v) is 7.10. The van der Waals surface area contributed by atoms with Crippen LogP contribution in [0.2, 0.25) is 0 Å². The smallest absolute Gasteiger partial charge is 0.240 e. The molecule has 0 radical (unpaired) electrons. The molecule has 18 heavy (non-hydrogen) atoms. The van der Waals surface area contributed by atoms with Crippen LogP contribution in [0.3, 0.4) is 0 Å². The average Bonchev–Trinajstić information content (AvgIpc) is 2.21. The van der Waals surface area contributed by atoms with Gasteiger partial charge in [-0.05, 0) is 31.1 Å². The molecule has 0 heterocycles. The molecule has 3 heteroatoms. The Hall–Kier alpha value is -0.570. The van der Waals surface area contributed by atoms with E-state index in [2.05, 4.69) is 52.2 Å². The maximum atomic E-state index is 12.3. The topological polar surface area (TPSA) is 41.1 Å². The summed E-state index contributed by atoms with van der Waals surface area (Å²) in [5, 5.41) is 6.48. The minimum Gasteiger partial charge on any atom is -0.355 e. The van der Waals surface area contributed by atoms with Crippen molar-refractivity contribution >= 4 is 5.91 Å². The fraction of sp³-hybridized carbons (Fsp3) is 0.933. The highest BCUT2D eigenvalue weighted by Gasteiger charge is 2.34. The van der Waals surface area contributed by atoms with Crippen LogP contribution in [0.4, 0.5) is 0 Å². The van der Waals surface area contributed by atoms with E-state index in [4.69, 9.17) is 0 Å². The second kappa shape index (κ2) is 7.13. The van der Waals surface area contributed by atoms with E-state index in [9.17, 15) is 4.79 Å². The maximum Gasteiger partial charge on any atom is 0.240 e. The third-order valence-corrected chi connectivity index (χ3v) is 2.86. The van der Waals surface area contributed by atoms with Crippen LogP contribution in [0.15, 0.2) is 0 Å². The van der Waals surface area contributed by atoms with Crippen LogP contribution in [0.1, 0.15) is 61.3 Å². The predicted octanol–water partition coefficient (Wildman–Crippen LogP) is 2.95. The van der Waals surface area contributed by atoms with Gasteiger partial charge in [0, 0.05) is 13.1 Å². The fourth-order valence-electron chi connectivity index (χ4n) is 1.96. The lowest BCUT2D eigenvalue weighted by atomic mass is 9.87. The molecule has 1 unspecified atom stereocenters. The van der Waals surface area contributed by atoms with E-state index in [1.54, 1.807) is 0 Å². The molecule has 0 saturated heterocycles. The highest BCUT2D eigenvalue weighted by molar-refractivity contribution is 5.85. The Kier molecular flexibility index (Phi) is 6.90. The molecule has 0 rings (SSSR count). The van der Waals surface area contributed by atoms with Crippen LogP contribution in [0.25, 0.3) is 0 Å². The van der Waals surface area contributed by atoms with E-state index in [1.807, 2.05) is 6.92 Å². The van der Waals surface area contributed by atoms with Gasteiger partial charge >= 0.3 is 0 Å². The van der Waals surface area contributed by atoms with Crippen molar-refractivity contribution in [1.29, 1.82) is 0 Å². The molecule has 0 aliphatic rings. The Balaban J connectivity index is 4.66. The largest absolute Gasteiger partial charge is 0.355 e. The fourth-order valence-corrected chi connectivity index (χ4v) is 1.96. The van der Waals surface area contributed by atoms with Crippen molar-refractivity contribution in [3.8, 4) is 0 Å². The molecule has 0 saturated carbocycles. The quantitative estimate of drug-likeness (QED) is 0.735. The Morgan fingerprint density at radius 2 is 1.72 bits per heavy atom. The summed E-state index contributed by atoms with van der Waals surface area (Å²) in [6.07, 6.45) is 1.83. The van der Waals surface area contributed by atoms with Crippen molar-refractivity contribution in [3.63, 3.8) is 0 Å². The molecule has 0 aliphatic carbocycles. The van der Waals surface area contributed by atoms with Gasteiger partial charge in [-0.1, -0.05) is 41.5 Å². The van der Waals surface area contributed by atoms with Gasteiger partial charge in [-0.25, -0.2) is 0 Å². The number of amides is 1. The zero-order chi connectivity index (χ0) is 14.4. The maximum absolute atomic E-state index is 12.3. The SMILES string of the molecule is CCCNC(=O)C(C)(CC(C)C)NCC(C)(C)C. The van der Waals surface area contributed by atoms with Gasteiger partial charge in [0.05, 0.1) is 5.54 Å². The Bertz CT molecular complexity index is 256. The minimum absolute atomic E-state index is 0.127. The molecule has 0 spiro atoms. The summed E-state index contributed by atoms with van der Waals surface area (Å²) in [5.74, 6) is 0.622. The van der Waals surface area contributed by atoms with Gasteiger partial charge in [0.2, 0.25) is 5.91 Å². The highest BCUT2D eigenvalue weighted by Crippen LogP contribution is 2.20. The molecule has 0 aromatic carbocycles. The predicted molar refractivity (Wildman–Crippen MR) is 78.6 cm³/mol. The average molecular weight is 256 g/mol. The number of carbonyl (C=O) groups is 1. The minimum atomic E-state index is -0.462. The van der Waals surface area contributed by atoms with E-state index in [-0.39, 0.29) is 11.3 Å². The number of hydrogen-bond donors (Lipinski definition) is 2. The van der Waals surface area contributed by atoms with Crippen LogP contribution in [0.5, 0.6) is 0 Å². The highest BCUT2D eigenvalue weighted by atomic mass is 16.2. The zero-order valence-electron chi connectivity index (χ0n) is 13.3. The summed E-state index contributed by atoms with van der Waals surface area (Å²) in [6.45, 7) is 16.5. The van der Waals surface area contributed by atoms with Crippen LogP contribution in [-0.4, -0.2) is 24.5 Å². The molecule has 2 N–H and O–H groups in total. The van der Waals surface area contributed by atoms with Gasteiger partial charge in [-0.3, -0.25) is 4.79 Å². The summed E-state index contributed by atoms with van der Waals surface area (Å²) in [7, 11) is 0. The lowest BCUT2D eigenvalue weighted by Gasteiger charge is -2.34. The first kappa shape index (κ1) is 17.4. The molecular formula is C15H32N2O. The number of hydrogen-bond acceptors (Lipinski definition) is 2. The second-order valence-electron chi connectivity index (χ2n) is 7.10. The molecule has 0 fully saturated rings. The van der Waals surface area contributed by atoms with Crippen molar-refractivity contribution < 1.29 is 4.79 Å². The summed E-state index contributed by atoms with van der Waals surface area (Å²) in [6, 6.07) is 0. The first-order valence-corrected chi connectivity index (χ1v) is 7.14. The molecule has 1 atom stereocenters. The number of nitrogens with one attached hydrogen (secondary N) is 2. The van der Waals surface area contributed by atoms with Gasteiger partial charge in [-0.15, -0.1) is 0 Å². The van der Waals surface area contributed by atoms with Crippen molar-refractivity contribution in [3.05, 3.63) is 0 Å². The van der Waals surface area contributed by atoms with Gasteiger partial charge in [0.25, 0.3) is 0 Å². The number of carbonyl (C=O) groups excluding carboxylic acids is 1. The van der Waals surface area contributed by atoms with E-state index in [0.29, 0.717) is 5.92 Å². The summed E-state index contributed by atoms with van der Waals surface area (Å²) >= 11 is 0. The first-order valence-electron chi connectivity index (χ1n) is 7.14. The molecule has 0 aromatic rings. The van der Waals surface area contributed by atoms with Gasteiger partial charge < -0.3 is 10.6 Å². The van der Waals surface area contributed by atoms with Crippen molar-refractivity contribution in [2.45, 2.75) is 66.8 Å². The van der Waals surface area contributed by atoms with Crippen molar-refractivity contribution in [2.24, 2.45) is 11.3 Å². The molecule has 0 aromatic heterocycles. The van der Waals surface area contributed by atoms with Crippen LogP contribution < -0.4 is 10.6 Å². The summed E-state index contributed by atoms with van der Waals surface area (Å²) in [5.41, 5.74) is -0.278. The molecule has 3 nitrogen and oxygen atoms in total. The molecule has 0 bridgehead atoms. The summed E-state index contributed by atoms with van der Waals surface area (Å²) < 4.78 is 0. The van der Waals surface area contributed by atoms with Crippen LogP contribution >= 0.6 is 0 Å². The van der Waals surface area contributed by atoms with E-state index < -0.39 is 5.54 Å².